The van der Waals surface area contributed by atoms with Crippen LogP contribution in [0.4, 0.5) is 0 Å². The van der Waals surface area contributed by atoms with E-state index < -0.39 is 5.92 Å². The van der Waals surface area contributed by atoms with Crippen molar-refractivity contribution < 1.29 is 19.1 Å². The molecular weight excluding hydrogens is 372 g/mol. The van der Waals surface area contributed by atoms with Gasteiger partial charge in [-0.25, -0.2) is 9.97 Å². The minimum atomic E-state index is -0.610. The van der Waals surface area contributed by atoms with Crippen molar-refractivity contribution in [3.63, 3.8) is 0 Å². The number of imidazole rings is 2. The van der Waals surface area contributed by atoms with Gasteiger partial charge in [-0.1, -0.05) is 6.92 Å². The van der Waals surface area contributed by atoms with Gasteiger partial charge in [0, 0.05) is 24.4 Å². The summed E-state index contributed by atoms with van der Waals surface area (Å²) in [6.07, 6.45) is 1.31. The third-order valence-electron chi connectivity index (χ3n) is 4.95. The van der Waals surface area contributed by atoms with E-state index in [2.05, 4.69) is 15.0 Å². The Morgan fingerprint density at radius 3 is 2.38 bits per heavy atom. The topological polar surface area (TPSA) is 99.1 Å². The van der Waals surface area contributed by atoms with Gasteiger partial charge >= 0.3 is 11.9 Å². The van der Waals surface area contributed by atoms with E-state index in [0.29, 0.717) is 37.8 Å². The van der Waals surface area contributed by atoms with Crippen LogP contribution in [0.2, 0.25) is 0 Å². The summed E-state index contributed by atoms with van der Waals surface area (Å²) in [5.41, 5.74) is 3.62. The van der Waals surface area contributed by atoms with Gasteiger partial charge in [0.25, 0.3) is 0 Å². The molecule has 29 heavy (non-hydrogen) atoms. The number of nitrogens with one attached hydrogen (secondary N) is 1. The predicted octanol–water partition coefficient (Wildman–Crippen LogP) is 3.07. The smallest absolute Gasteiger partial charge is 0.317 e. The molecule has 0 aromatic carbocycles. The maximum absolute atomic E-state index is 12.9. The van der Waals surface area contributed by atoms with E-state index in [9.17, 15) is 9.59 Å². The van der Waals surface area contributed by atoms with E-state index in [1.807, 2.05) is 39.2 Å². The second-order valence-corrected chi connectivity index (χ2v) is 7.17. The van der Waals surface area contributed by atoms with Crippen LogP contribution < -0.4 is 0 Å². The fourth-order valence-electron chi connectivity index (χ4n) is 3.16. The Hall–Kier alpha value is -2.64. The summed E-state index contributed by atoms with van der Waals surface area (Å²) < 4.78 is 12.4. The van der Waals surface area contributed by atoms with Crippen LogP contribution in [0.3, 0.4) is 0 Å². The minimum Gasteiger partial charge on any atom is -0.466 e. The molecule has 2 aromatic rings. The molecule has 0 bridgehead atoms. The number of ether oxygens (including phenoxy) is 2. The highest BCUT2D eigenvalue weighted by Gasteiger charge is 2.30. The zero-order chi connectivity index (χ0) is 21.6. The zero-order valence-corrected chi connectivity index (χ0v) is 18.3. The first-order valence-corrected chi connectivity index (χ1v) is 10.2. The summed E-state index contributed by atoms with van der Waals surface area (Å²) in [5.74, 6) is 0.0967. The van der Waals surface area contributed by atoms with Gasteiger partial charge in [0.2, 0.25) is 0 Å². The van der Waals surface area contributed by atoms with E-state index in [-0.39, 0.29) is 18.4 Å². The highest BCUT2D eigenvalue weighted by Crippen LogP contribution is 2.25. The van der Waals surface area contributed by atoms with Crippen molar-refractivity contribution in [2.45, 2.75) is 73.3 Å². The summed E-state index contributed by atoms with van der Waals surface area (Å²) in [6.45, 7) is 12.5. The third-order valence-corrected chi connectivity index (χ3v) is 4.95. The number of nitrogens with zero attached hydrogens (tertiary/aromatic N) is 3. The first kappa shape index (κ1) is 22.6. The Bertz CT molecular complexity index is 834. The van der Waals surface area contributed by atoms with E-state index in [4.69, 9.17) is 9.47 Å². The molecule has 2 rings (SSSR count). The number of hydrogen-bond acceptors (Lipinski definition) is 6. The first-order chi connectivity index (χ1) is 13.8. The second kappa shape index (κ2) is 10.2. The lowest BCUT2D eigenvalue weighted by Gasteiger charge is -2.17. The Morgan fingerprint density at radius 1 is 1.07 bits per heavy atom. The number of aryl methyl sites for hydroxylation is 3. The molecule has 0 saturated carbocycles. The Kier molecular flexibility index (Phi) is 7.99. The number of hydrogen-bond donors (Lipinski definition) is 1. The highest BCUT2D eigenvalue weighted by molar-refractivity contribution is 5.77. The normalized spacial score (nSPS) is 12.1. The minimum absolute atomic E-state index is 0.215. The molecule has 1 atom stereocenters. The van der Waals surface area contributed by atoms with Crippen molar-refractivity contribution in [1.82, 2.24) is 19.5 Å². The summed E-state index contributed by atoms with van der Waals surface area (Å²) in [4.78, 5) is 37.2. The fraction of sp³-hybridized carbons (Fsp3) is 0.619. The van der Waals surface area contributed by atoms with E-state index in [0.717, 1.165) is 29.2 Å². The zero-order valence-electron chi connectivity index (χ0n) is 18.3. The summed E-state index contributed by atoms with van der Waals surface area (Å²) >= 11 is 0. The number of aromatic nitrogens is 4. The van der Waals surface area contributed by atoms with Crippen LogP contribution in [0.15, 0.2) is 0 Å². The molecule has 0 saturated heterocycles. The number of H-pyrrole nitrogens is 1. The molecule has 8 heteroatoms. The first-order valence-electron chi connectivity index (χ1n) is 10.2. The van der Waals surface area contributed by atoms with Crippen molar-refractivity contribution in [1.29, 1.82) is 0 Å². The van der Waals surface area contributed by atoms with E-state index >= 15 is 0 Å². The molecule has 1 N–H and O–H groups in total. The molecule has 8 nitrogen and oxygen atoms in total. The molecule has 0 aliphatic rings. The largest absolute Gasteiger partial charge is 0.466 e. The molecule has 2 heterocycles. The Labute approximate surface area is 172 Å². The van der Waals surface area contributed by atoms with E-state index in [1.54, 1.807) is 6.92 Å². The number of rotatable bonds is 10. The van der Waals surface area contributed by atoms with Crippen LogP contribution in [0.1, 0.15) is 67.0 Å². The quantitative estimate of drug-likeness (QED) is 0.611. The average molecular weight is 405 g/mol. The third kappa shape index (κ3) is 5.68. The van der Waals surface area contributed by atoms with Crippen molar-refractivity contribution in [2.75, 3.05) is 13.2 Å². The van der Waals surface area contributed by atoms with Gasteiger partial charge in [-0.05, 0) is 41.0 Å². The number of carbonyl (C=O) groups excluding carboxylic acids is 2. The molecule has 0 spiro atoms. The van der Waals surface area contributed by atoms with Crippen LogP contribution in [0.25, 0.3) is 0 Å². The lowest BCUT2D eigenvalue weighted by molar-refractivity contribution is -0.145. The summed E-state index contributed by atoms with van der Waals surface area (Å²) in [6, 6.07) is 0. The molecule has 0 aliphatic carbocycles. The van der Waals surface area contributed by atoms with Crippen molar-refractivity contribution in [3.8, 4) is 0 Å². The Balaban J connectivity index is 2.36. The van der Waals surface area contributed by atoms with Crippen molar-refractivity contribution >= 4 is 11.9 Å². The van der Waals surface area contributed by atoms with Crippen molar-refractivity contribution in [3.05, 3.63) is 34.4 Å². The van der Waals surface area contributed by atoms with Gasteiger partial charge in [-0.3, -0.25) is 9.59 Å². The fourth-order valence-corrected chi connectivity index (χ4v) is 3.16. The molecule has 0 aliphatic heterocycles. The lowest BCUT2D eigenvalue weighted by Crippen LogP contribution is -2.24. The standard InChI is InChI=1S/C21H32N4O4/c1-7-11-29-21(27)17(12-18-22-13(3)14(4)23-18)20-24-15(5)16(6)25(20)10-9-19(26)28-8-2/h17H,7-12H2,1-6H3,(H,22,23). The van der Waals surface area contributed by atoms with Gasteiger partial charge in [-0.15, -0.1) is 0 Å². The van der Waals surface area contributed by atoms with Crippen LogP contribution >= 0.6 is 0 Å². The molecule has 0 radical (unpaired) electrons. The van der Waals surface area contributed by atoms with Crippen LogP contribution in [-0.2, 0) is 32.0 Å². The van der Waals surface area contributed by atoms with Crippen LogP contribution in [-0.4, -0.2) is 44.7 Å². The second-order valence-electron chi connectivity index (χ2n) is 7.17. The maximum atomic E-state index is 12.9. The van der Waals surface area contributed by atoms with Gasteiger partial charge in [0.05, 0.1) is 31.0 Å². The maximum Gasteiger partial charge on any atom is 0.317 e. The van der Waals surface area contributed by atoms with Gasteiger partial charge in [0.1, 0.15) is 17.6 Å². The average Bonchev–Trinajstić information content (AvgIpc) is 3.14. The van der Waals surface area contributed by atoms with Crippen LogP contribution in [0, 0.1) is 27.7 Å². The summed E-state index contributed by atoms with van der Waals surface area (Å²) in [7, 11) is 0. The predicted molar refractivity (Wildman–Crippen MR) is 109 cm³/mol. The highest BCUT2D eigenvalue weighted by atomic mass is 16.5. The number of esters is 2. The molecule has 0 fully saturated rings. The molecule has 1 unspecified atom stereocenters. The SMILES string of the molecule is CCCOC(=O)C(Cc1nc(C)c(C)[nH]1)c1nc(C)c(C)n1CCC(=O)OCC. The van der Waals surface area contributed by atoms with Gasteiger partial charge in [-0.2, -0.15) is 0 Å². The van der Waals surface area contributed by atoms with Gasteiger partial charge < -0.3 is 19.0 Å². The van der Waals surface area contributed by atoms with E-state index in [1.165, 1.54) is 0 Å². The number of carbonyl (C=O) groups is 2. The lowest BCUT2D eigenvalue weighted by atomic mass is 10.0. The molecule has 0 amide bonds. The number of aromatic amines is 1. The summed E-state index contributed by atoms with van der Waals surface area (Å²) in [5, 5.41) is 0. The molecule has 160 valence electrons. The molecule has 2 aromatic heterocycles. The molecular formula is C21H32N4O4. The van der Waals surface area contributed by atoms with Crippen LogP contribution in [0.5, 0.6) is 0 Å². The Morgan fingerprint density at radius 2 is 1.79 bits per heavy atom. The van der Waals surface area contributed by atoms with Crippen molar-refractivity contribution in [2.24, 2.45) is 0 Å². The van der Waals surface area contributed by atoms with Gasteiger partial charge in [0.15, 0.2) is 0 Å². The monoisotopic (exact) mass is 404 g/mol.